The lowest BCUT2D eigenvalue weighted by atomic mass is 10.4. The van der Waals surface area contributed by atoms with E-state index in [1.165, 1.54) is 19.0 Å². The van der Waals surface area contributed by atoms with Crippen molar-refractivity contribution in [1.82, 2.24) is 0 Å². The van der Waals surface area contributed by atoms with Crippen molar-refractivity contribution >= 4 is 51.2 Å². The van der Waals surface area contributed by atoms with Gasteiger partial charge in [0.05, 0.1) is 0 Å². The second-order valence-electron chi connectivity index (χ2n) is 1.23. The minimum atomic E-state index is 0. The van der Waals surface area contributed by atoms with Gasteiger partial charge in [0.15, 0.2) is 0 Å². The molecular formula is C4H10Cl3P. The Kier molecular flexibility index (Phi) is 21.9. The molecule has 0 saturated heterocycles. The molecule has 1 rings (SSSR count). The van der Waals surface area contributed by atoms with Gasteiger partial charge in [-0.25, -0.2) is 0 Å². The molecule has 0 aromatic rings. The molecule has 0 saturated carbocycles. The van der Waals surface area contributed by atoms with Crippen LogP contribution in [0.1, 0.15) is 12.8 Å². The van der Waals surface area contributed by atoms with E-state index in [1.807, 2.05) is 0 Å². The predicted molar refractivity (Wildman–Crippen MR) is 48.8 cm³/mol. The van der Waals surface area contributed by atoms with Gasteiger partial charge in [-0.1, -0.05) is 5.80 Å². The maximum Gasteiger partial charge on any atom is -0.0106 e. The van der Waals surface area contributed by atoms with Crippen LogP contribution < -0.4 is 0 Å². The van der Waals surface area contributed by atoms with Crippen molar-refractivity contribution in [2.24, 2.45) is 0 Å². The molecule has 0 aromatic heterocycles. The molecule has 0 spiro atoms. The zero-order valence-corrected chi connectivity index (χ0v) is 7.71. The average Bonchev–Trinajstić information content (AvgIpc) is 1.76. The van der Waals surface area contributed by atoms with Gasteiger partial charge in [0, 0.05) is 0 Å². The van der Waals surface area contributed by atoms with E-state index >= 15 is 0 Å². The van der Waals surface area contributed by atoms with E-state index in [2.05, 4.69) is 5.80 Å². The summed E-state index contributed by atoms with van der Waals surface area (Å²) in [5.74, 6) is 2.33. The van der Waals surface area contributed by atoms with Gasteiger partial charge in [0.1, 0.15) is 0 Å². The fraction of sp³-hybridized carbons (Fsp3) is 0.750. The maximum atomic E-state index is 2.33. The molecule has 0 atom stereocenters. The first-order valence-electron chi connectivity index (χ1n) is 1.98. The van der Waals surface area contributed by atoms with Crippen LogP contribution in [0.4, 0.5) is 0 Å². The lowest BCUT2D eigenvalue weighted by Crippen LogP contribution is -1.60. The third kappa shape index (κ3) is 7.04. The lowest BCUT2D eigenvalue weighted by molar-refractivity contribution is 1.05. The van der Waals surface area contributed by atoms with Crippen LogP contribution in [-0.4, -0.2) is 12.0 Å². The van der Waals surface area contributed by atoms with E-state index in [0.717, 1.165) is 0 Å². The Hall–Kier alpha value is 1.04. The fourth-order valence-corrected chi connectivity index (χ4v) is 1.37. The molecule has 0 aromatic carbocycles. The topological polar surface area (TPSA) is 0 Å². The predicted octanol–water partition coefficient (Wildman–Crippen LogP) is 2.79. The van der Waals surface area contributed by atoms with Crippen LogP contribution in [-0.2, 0) is 0 Å². The van der Waals surface area contributed by atoms with E-state index in [4.69, 9.17) is 0 Å². The molecule has 0 amide bonds. The molecule has 4 heteroatoms. The van der Waals surface area contributed by atoms with E-state index in [1.54, 1.807) is 8.20 Å². The van der Waals surface area contributed by atoms with Gasteiger partial charge in [0.2, 0.25) is 0 Å². The standard InChI is InChI=1S/C4H7P.3ClH/c1-2-4-5-3-1;;;/h3H,1-2,4H2;3*1H. The van der Waals surface area contributed by atoms with Crippen LogP contribution in [0.2, 0.25) is 0 Å². The normalized spacial score (nSPS) is 15.0. The zero-order valence-electron chi connectivity index (χ0n) is 4.37. The van der Waals surface area contributed by atoms with Gasteiger partial charge in [-0.3, -0.25) is 0 Å². The largest absolute Gasteiger partial charge is 0.147 e. The quantitative estimate of drug-likeness (QED) is 0.522. The second kappa shape index (κ2) is 10.9. The van der Waals surface area contributed by atoms with Crippen LogP contribution >= 0.6 is 45.4 Å². The van der Waals surface area contributed by atoms with Crippen molar-refractivity contribution in [3.63, 3.8) is 0 Å². The van der Waals surface area contributed by atoms with Crippen molar-refractivity contribution in [3.8, 4) is 0 Å². The molecule has 0 nitrogen and oxygen atoms in total. The highest BCUT2D eigenvalue weighted by molar-refractivity contribution is 7.38. The molecule has 52 valence electrons. The lowest BCUT2D eigenvalue weighted by Gasteiger charge is -1.68. The van der Waals surface area contributed by atoms with Crippen LogP contribution in [0.25, 0.3) is 0 Å². The monoisotopic (exact) mass is 194 g/mol. The summed E-state index contributed by atoms with van der Waals surface area (Å²) in [4.78, 5) is 0. The molecule has 0 N–H and O–H groups in total. The molecule has 0 aliphatic carbocycles. The minimum Gasteiger partial charge on any atom is -0.147 e. The Morgan fingerprint density at radius 2 is 1.75 bits per heavy atom. The molecule has 0 bridgehead atoms. The van der Waals surface area contributed by atoms with Crippen LogP contribution in [0, 0.1) is 0 Å². The molecule has 1 aliphatic heterocycles. The molecule has 0 fully saturated rings. The second-order valence-corrected chi connectivity index (χ2v) is 2.41. The number of rotatable bonds is 0. The summed E-state index contributed by atoms with van der Waals surface area (Å²) in [7, 11) is 1.57. The first-order valence-corrected chi connectivity index (χ1v) is 3.13. The first kappa shape index (κ1) is 16.0. The van der Waals surface area contributed by atoms with Crippen molar-refractivity contribution in [1.29, 1.82) is 0 Å². The molecule has 1 heterocycles. The first-order chi connectivity index (χ1) is 2.50. The third-order valence-electron chi connectivity index (χ3n) is 0.750. The van der Waals surface area contributed by atoms with Gasteiger partial charge in [-0.15, -0.1) is 45.4 Å². The van der Waals surface area contributed by atoms with Gasteiger partial charge >= 0.3 is 0 Å². The van der Waals surface area contributed by atoms with E-state index < -0.39 is 0 Å². The Bertz CT molecular complexity index is 49.2. The van der Waals surface area contributed by atoms with Crippen LogP contribution in [0.3, 0.4) is 0 Å². The number of halogens is 3. The average molecular weight is 195 g/mol. The highest BCUT2D eigenvalue weighted by atomic mass is 35.5. The van der Waals surface area contributed by atoms with Gasteiger partial charge < -0.3 is 0 Å². The summed E-state index contributed by atoms with van der Waals surface area (Å²) < 4.78 is 0. The fourth-order valence-electron chi connectivity index (χ4n) is 0.456. The Morgan fingerprint density at radius 3 is 1.88 bits per heavy atom. The Balaban J connectivity index is -0.0000000833. The highest BCUT2D eigenvalue weighted by Crippen LogP contribution is 2.07. The number of hydrogen-bond acceptors (Lipinski definition) is 0. The molecule has 8 heavy (non-hydrogen) atoms. The summed E-state index contributed by atoms with van der Waals surface area (Å²) in [6.07, 6.45) is 4.21. The van der Waals surface area contributed by atoms with Gasteiger partial charge in [-0.2, -0.15) is 0 Å². The van der Waals surface area contributed by atoms with Gasteiger partial charge in [0.25, 0.3) is 0 Å². The van der Waals surface area contributed by atoms with E-state index in [-0.39, 0.29) is 37.2 Å². The molecule has 0 radical (unpaired) electrons. The summed E-state index contributed by atoms with van der Waals surface area (Å²) >= 11 is 0. The molecule has 0 unspecified atom stereocenters. The smallest absolute Gasteiger partial charge is 0.0106 e. The number of hydrogen-bond donors (Lipinski definition) is 0. The van der Waals surface area contributed by atoms with Crippen molar-refractivity contribution in [2.45, 2.75) is 12.8 Å². The van der Waals surface area contributed by atoms with Crippen molar-refractivity contribution < 1.29 is 0 Å². The maximum absolute atomic E-state index is 2.33. The summed E-state index contributed by atoms with van der Waals surface area (Å²) in [6.45, 7) is 0. The molecular weight excluding hydrogens is 185 g/mol. The SMILES string of the molecule is C1=PCCC1.Cl.Cl.Cl. The van der Waals surface area contributed by atoms with Crippen LogP contribution in [0.5, 0.6) is 0 Å². The highest BCUT2D eigenvalue weighted by Gasteiger charge is 1.85. The van der Waals surface area contributed by atoms with Crippen LogP contribution in [0.15, 0.2) is 0 Å². The Labute approximate surface area is 70.5 Å². The summed E-state index contributed by atoms with van der Waals surface area (Å²) in [5.41, 5.74) is 0. The Morgan fingerprint density at radius 1 is 1.12 bits per heavy atom. The summed E-state index contributed by atoms with van der Waals surface area (Å²) in [6, 6.07) is 0. The van der Waals surface area contributed by atoms with E-state index in [0.29, 0.717) is 0 Å². The van der Waals surface area contributed by atoms with Crippen molar-refractivity contribution in [3.05, 3.63) is 0 Å². The van der Waals surface area contributed by atoms with Crippen molar-refractivity contribution in [2.75, 3.05) is 6.16 Å². The third-order valence-corrected chi connectivity index (χ3v) is 1.84. The molecule has 1 aliphatic rings. The minimum absolute atomic E-state index is 0. The van der Waals surface area contributed by atoms with E-state index in [9.17, 15) is 0 Å². The summed E-state index contributed by atoms with van der Waals surface area (Å²) in [5, 5.41) is 0. The van der Waals surface area contributed by atoms with Gasteiger partial charge in [-0.05, 0) is 19.0 Å². The zero-order chi connectivity index (χ0) is 3.54.